The van der Waals surface area contributed by atoms with Crippen molar-refractivity contribution in [2.75, 3.05) is 20.2 Å². The minimum absolute atomic E-state index is 0.0524. The van der Waals surface area contributed by atoms with Gasteiger partial charge in [-0.05, 0) is 41.6 Å². The van der Waals surface area contributed by atoms with Crippen LogP contribution in [0.3, 0.4) is 0 Å². The van der Waals surface area contributed by atoms with E-state index in [2.05, 4.69) is 6.92 Å². The molecular weight excluding hydrogens is 306 g/mol. The number of benzene rings is 1. The lowest BCUT2D eigenvalue weighted by atomic mass is 10.2. The van der Waals surface area contributed by atoms with Gasteiger partial charge in [0.15, 0.2) is 0 Å². The Hall–Kier alpha value is -1.52. The summed E-state index contributed by atoms with van der Waals surface area (Å²) in [4.78, 5) is 14.9. The van der Waals surface area contributed by atoms with Gasteiger partial charge in [0.1, 0.15) is 12.4 Å². The van der Waals surface area contributed by atoms with E-state index in [4.69, 9.17) is 16.3 Å². The zero-order valence-electron chi connectivity index (χ0n) is 12.1. The summed E-state index contributed by atoms with van der Waals surface area (Å²) in [5.41, 5.74) is 1.10. The molecule has 0 aliphatic heterocycles. The predicted molar refractivity (Wildman–Crippen MR) is 87.6 cm³/mol. The van der Waals surface area contributed by atoms with Crippen LogP contribution in [0.1, 0.15) is 22.2 Å². The number of aryl methyl sites for hydroxylation is 1. The third kappa shape index (κ3) is 4.22. The Kier molecular flexibility index (Phi) is 5.65. The van der Waals surface area contributed by atoms with Gasteiger partial charge in [-0.1, -0.05) is 24.6 Å². The van der Waals surface area contributed by atoms with Crippen LogP contribution in [0.15, 0.2) is 35.7 Å². The fraction of sp³-hybridized carbons (Fsp3) is 0.312. The van der Waals surface area contributed by atoms with Gasteiger partial charge in [0.2, 0.25) is 0 Å². The van der Waals surface area contributed by atoms with Crippen LogP contribution in [-0.4, -0.2) is 31.0 Å². The topological polar surface area (TPSA) is 29.5 Å². The van der Waals surface area contributed by atoms with Crippen molar-refractivity contribution in [3.05, 3.63) is 51.2 Å². The summed E-state index contributed by atoms with van der Waals surface area (Å²) in [6, 6.07) is 9.26. The highest BCUT2D eigenvalue weighted by molar-refractivity contribution is 7.12. The number of hydrogen-bond acceptors (Lipinski definition) is 3. The number of ether oxygens (including phenoxy) is 1. The first-order chi connectivity index (χ1) is 10.1. The molecule has 21 heavy (non-hydrogen) atoms. The Balaban J connectivity index is 1.87. The van der Waals surface area contributed by atoms with E-state index in [1.807, 2.05) is 23.6 Å². The van der Waals surface area contributed by atoms with Crippen LogP contribution >= 0.6 is 22.9 Å². The predicted octanol–water partition coefficient (Wildman–Crippen LogP) is 4.11. The van der Waals surface area contributed by atoms with Gasteiger partial charge < -0.3 is 9.64 Å². The van der Waals surface area contributed by atoms with Crippen LogP contribution < -0.4 is 4.74 Å². The van der Waals surface area contributed by atoms with Crippen molar-refractivity contribution in [3.63, 3.8) is 0 Å². The third-order valence-corrected chi connectivity index (χ3v) is 4.34. The van der Waals surface area contributed by atoms with E-state index in [1.54, 1.807) is 24.1 Å². The largest absolute Gasteiger partial charge is 0.492 e. The molecule has 0 aliphatic rings. The molecule has 1 aromatic heterocycles. The first-order valence-electron chi connectivity index (χ1n) is 6.82. The molecule has 3 nitrogen and oxygen atoms in total. The zero-order valence-corrected chi connectivity index (χ0v) is 13.7. The summed E-state index contributed by atoms with van der Waals surface area (Å²) in [6.45, 7) is 3.03. The first kappa shape index (κ1) is 15.9. The number of halogens is 1. The van der Waals surface area contributed by atoms with E-state index in [-0.39, 0.29) is 5.91 Å². The van der Waals surface area contributed by atoms with E-state index in [0.29, 0.717) is 23.9 Å². The number of carbonyl (C=O) groups is 1. The second-order valence-corrected chi connectivity index (χ2v) is 6.01. The Morgan fingerprint density at radius 2 is 2.19 bits per heavy atom. The first-order valence-corrected chi connectivity index (χ1v) is 8.07. The van der Waals surface area contributed by atoms with Crippen LogP contribution in [0, 0.1) is 0 Å². The quantitative estimate of drug-likeness (QED) is 0.800. The third-order valence-electron chi connectivity index (χ3n) is 3.16. The number of likely N-dealkylation sites (N-methyl/N-ethyl adjacent to an activating group) is 1. The van der Waals surface area contributed by atoms with Gasteiger partial charge >= 0.3 is 0 Å². The van der Waals surface area contributed by atoms with E-state index >= 15 is 0 Å². The number of thiophene rings is 1. The second kappa shape index (κ2) is 7.48. The molecule has 0 bridgehead atoms. The molecule has 0 N–H and O–H groups in total. The fourth-order valence-corrected chi connectivity index (χ4v) is 3.10. The highest BCUT2D eigenvalue weighted by Gasteiger charge is 2.16. The van der Waals surface area contributed by atoms with Crippen molar-refractivity contribution in [2.45, 2.75) is 13.3 Å². The molecule has 1 heterocycles. The molecule has 0 unspecified atom stereocenters. The molecule has 1 amide bonds. The van der Waals surface area contributed by atoms with E-state index < -0.39 is 0 Å². The van der Waals surface area contributed by atoms with Crippen LogP contribution in [0.4, 0.5) is 0 Å². The molecule has 0 aliphatic carbocycles. The number of nitrogens with zero attached hydrogens (tertiary/aromatic N) is 1. The maximum absolute atomic E-state index is 12.3. The molecule has 0 saturated heterocycles. The van der Waals surface area contributed by atoms with Crippen molar-refractivity contribution >= 4 is 28.8 Å². The lowest BCUT2D eigenvalue weighted by molar-refractivity contribution is 0.0777. The molecule has 0 spiro atoms. The van der Waals surface area contributed by atoms with E-state index in [9.17, 15) is 4.79 Å². The summed E-state index contributed by atoms with van der Waals surface area (Å²) in [6.07, 6.45) is 0.872. The van der Waals surface area contributed by atoms with Crippen LogP contribution in [0.25, 0.3) is 0 Å². The van der Waals surface area contributed by atoms with Gasteiger partial charge in [-0.25, -0.2) is 0 Å². The lowest BCUT2D eigenvalue weighted by Crippen LogP contribution is -2.30. The molecule has 0 radical (unpaired) electrons. The van der Waals surface area contributed by atoms with Crippen molar-refractivity contribution in [2.24, 2.45) is 0 Å². The normalized spacial score (nSPS) is 10.4. The summed E-state index contributed by atoms with van der Waals surface area (Å²) in [7, 11) is 1.79. The fourth-order valence-electron chi connectivity index (χ4n) is 1.93. The van der Waals surface area contributed by atoms with Gasteiger partial charge in [-0.15, -0.1) is 11.3 Å². The summed E-state index contributed by atoms with van der Waals surface area (Å²) in [5, 5.41) is 2.60. The molecule has 2 rings (SSSR count). The van der Waals surface area contributed by atoms with E-state index in [1.165, 1.54) is 11.3 Å². The summed E-state index contributed by atoms with van der Waals surface area (Å²) in [5.74, 6) is 0.769. The van der Waals surface area contributed by atoms with Gasteiger partial charge in [0.05, 0.1) is 11.4 Å². The van der Waals surface area contributed by atoms with Crippen molar-refractivity contribution in [1.29, 1.82) is 0 Å². The lowest BCUT2D eigenvalue weighted by Gasteiger charge is -2.17. The Labute approximate surface area is 134 Å². The van der Waals surface area contributed by atoms with Gasteiger partial charge in [0, 0.05) is 12.1 Å². The monoisotopic (exact) mass is 323 g/mol. The highest BCUT2D eigenvalue weighted by atomic mass is 35.5. The minimum atomic E-state index is 0.0524. The molecule has 0 fully saturated rings. The average molecular weight is 324 g/mol. The molecule has 1 aromatic carbocycles. The molecule has 5 heteroatoms. The van der Waals surface area contributed by atoms with Crippen LogP contribution in [0.2, 0.25) is 5.02 Å². The average Bonchev–Trinajstić information content (AvgIpc) is 2.94. The number of carbonyl (C=O) groups excluding carboxylic acids is 1. The van der Waals surface area contributed by atoms with Gasteiger partial charge in [-0.2, -0.15) is 0 Å². The second-order valence-electron chi connectivity index (χ2n) is 4.66. The maximum Gasteiger partial charge on any atom is 0.264 e. The molecule has 0 saturated carbocycles. The highest BCUT2D eigenvalue weighted by Crippen LogP contribution is 2.19. The van der Waals surface area contributed by atoms with Gasteiger partial charge in [-0.3, -0.25) is 4.79 Å². The molecule has 2 aromatic rings. The van der Waals surface area contributed by atoms with Crippen LogP contribution in [-0.2, 0) is 6.42 Å². The number of amides is 1. The number of hydrogen-bond donors (Lipinski definition) is 0. The summed E-state index contributed by atoms with van der Waals surface area (Å²) >= 11 is 7.39. The SMILES string of the molecule is CCc1ccsc1C(=O)N(C)CCOc1cccc(Cl)c1. The standard InChI is InChI=1S/C16H18ClNO2S/c1-3-12-7-10-21-15(12)16(19)18(2)8-9-20-14-6-4-5-13(17)11-14/h4-7,10-11H,3,8-9H2,1-2H3. The van der Waals surface area contributed by atoms with Crippen molar-refractivity contribution < 1.29 is 9.53 Å². The molecular formula is C16H18ClNO2S. The smallest absolute Gasteiger partial charge is 0.264 e. The minimum Gasteiger partial charge on any atom is -0.492 e. The van der Waals surface area contributed by atoms with Crippen LogP contribution in [0.5, 0.6) is 5.75 Å². The maximum atomic E-state index is 12.3. The van der Waals surface area contributed by atoms with Crippen molar-refractivity contribution in [3.8, 4) is 5.75 Å². The zero-order chi connectivity index (χ0) is 15.2. The number of rotatable bonds is 6. The molecule has 112 valence electrons. The summed E-state index contributed by atoms with van der Waals surface area (Å²) < 4.78 is 5.61. The Bertz CT molecular complexity index is 612. The van der Waals surface area contributed by atoms with Gasteiger partial charge in [0.25, 0.3) is 5.91 Å². The molecule has 0 atom stereocenters. The van der Waals surface area contributed by atoms with E-state index in [0.717, 1.165) is 16.9 Å². The Morgan fingerprint density at radius 3 is 2.90 bits per heavy atom. The Morgan fingerprint density at radius 1 is 1.38 bits per heavy atom. The van der Waals surface area contributed by atoms with Crippen molar-refractivity contribution in [1.82, 2.24) is 4.90 Å².